The molecule has 1 fully saturated rings. The predicted octanol–water partition coefficient (Wildman–Crippen LogP) is 4.16. The van der Waals surface area contributed by atoms with Crippen LogP contribution in [-0.2, 0) is 4.79 Å². The number of rotatable bonds is 4. The number of carbonyl (C=O) groups is 2. The van der Waals surface area contributed by atoms with Gasteiger partial charge in [0.05, 0.1) is 0 Å². The molecule has 146 valence electrons. The van der Waals surface area contributed by atoms with Gasteiger partial charge in [-0.05, 0) is 61.4 Å². The summed E-state index contributed by atoms with van der Waals surface area (Å²) in [6, 6.07) is 9.87. The van der Waals surface area contributed by atoms with E-state index in [0.29, 0.717) is 37.1 Å². The fraction of sp³-hybridized carbons (Fsp3) is 0.238. The fourth-order valence-corrected chi connectivity index (χ4v) is 3.40. The van der Waals surface area contributed by atoms with Gasteiger partial charge in [0.15, 0.2) is 0 Å². The first kappa shape index (κ1) is 20.2. The van der Waals surface area contributed by atoms with Crippen LogP contribution in [0.5, 0.6) is 0 Å². The van der Waals surface area contributed by atoms with Crippen molar-refractivity contribution in [2.45, 2.75) is 18.9 Å². The largest absolute Gasteiger partial charge is 0.349 e. The molecule has 1 heterocycles. The van der Waals surface area contributed by atoms with Gasteiger partial charge in [0.25, 0.3) is 5.91 Å². The maximum atomic E-state index is 13.7. The molecular formula is C21H19BrF2N2O2. The molecule has 2 aromatic rings. The Kier molecular flexibility index (Phi) is 6.57. The Morgan fingerprint density at radius 2 is 1.75 bits per heavy atom. The third-order valence-corrected chi connectivity index (χ3v) is 5.11. The number of amides is 2. The van der Waals surface area contributed by atoms with Crippen LogP contribution in [0.3, 0.4) is 0 Å². The van der Waals surface area contributed by atoms with Gasteiger partial charge in [-0.25, -0.2) is 8.78 Å². The minimum absolute atomic E-state index is 0.0481. The third-order valence-electron chi connectivity index (χ3n) is 4.61. The number of hydrogen-bond donors (Lipinski definition) is 1. The van der Waals surface area contributed by atoms with Crippen LogP contribution in [0.15, 0.2) is 53.0 Å². The summed E-state index contributed by atoms with van der Waals surface area (Å²) < 4.78 is 27.4. The molecule has 0 radical (unpaired) electrons. The van der Waals surface area contributed by atoms with E-state index >= 15 is 0 Å². The van der Waals surface area contributed by atoms with Gasteiger partial charge in [-0.15, -0.1) is 0 Å². The van der Waals surface area contributed by atoms with Gasteiger partial charge in [0.2, 0.25) is 5.91 Å². The lowest BCUT2D eigenvalue weighted by molar-refractivity contribution is -0.126. The molecule has 0 aliphatic carbocycles. The summed E-state index contributed by atoms with van der Waals surface area (Å²) in [6.45, 7) is 0.997. The van der Waals surface area contributed by atoms with Gasteiger partial charge in [-0.1, -0.05) is 15.9 Å². The Labute approximate surface area is 170 Å². The molecule has 1 aliphatic heterocycles. The van der Waals surface area contributed by atoms with E-state index in [1.165, 1.54) is 42.5 Å². The van der Waals surface area contributed by atoms with Gasteiger partial charge in [0, 0.05) is 40.8 Å². The van der Waals surface area contributed by atoms with Gasteiger partial charge >= 0.3 is 0 Å². The number of benzene rings is 2. The summed E-state index contributed by atoms with van der Waals surface area (Å²) in [4.78, 5) is 26.2. The second kappa shape index (κ2) is 9.10. The molecule has 4 nitrogen and oxygen atoms in total. The van der Waals surface area contributed by atoms with Crippen LogP contribution in [0.4, 0.5) is 8.78 Å². The lowest BCUT2D eigenvalue weighted by atomic mass is 10.0. The van der Waals surface area contributed by atoms with Crippen molar-refractivity contribution in [2.75, 3.05) is 13.1 Å². The standard InChI is InChI=1S/C21H19BrF2N2O2/c22-16-4-7-19(24)15(13-16)3-8-20(27)26-11-9-18(10-12-26)25-21(28)14-1-5-17(23)6-2-14/h1-8,13,18H,9-12H2,(H,25,28)/b8-3+. The van der Waals surface area contributed by atoms with Crippen molar-refractivity contribution in [3.05, 3.63) is 75.8 Å². The minimum atomic E-state index is -0.394. The summed E-state index contributed by atoms with van der Waals surface area (Å²) in [5, 5.41) is 2.91. The van der Waals surface area contributed by atoms with E-state index < -0.39 is 5.82 Å². The first-order chi connectivity index (χ1) is 13.4. The van der Waals surface area contributed by atoms with E-state index in [0.717, 1.165) is 4.47 Å². The van der Waals surface area contributed by atoms with Crippen molar-refractivity contribution >= 4 is 33.8 Å². The maximum Gasteiger partial charge on any atom is 0.251 e. The van der Waals surface area contributed by atoms with Crippen LogP contribution in [0.25, 0.3) is 6.08 Å². The molecule has 1 saturated heterocycles. The highest BCUT2D eigenvalue weighted by Gasteiger charge is 2.23. The molecule has 2 amide bonds. The monoisotopic (exact) mass is 448 g/mol. The summed E-state index contributed by atoms with van der Waals surface area (Å²) in [6.07, 6.45) is 4.07. The van der Waals surface area contributed by atoms with Crippen LogP contribution in [0.2, 0.25) is 0 Å². The molecule has 7 heteroatoms. The van der Waals surface area contributed by atoms with Gasteiger partial charge in [0.1, 0.15) is 11.6 Å². The maximum absolute atomic E-state index is 13.7. The van der Waals surface area contributed by atoms with Gasteiger partial charge < -0.3 is 10.2 Å². The van der Waals surface area contributed by atoms with E-state index in [9.17, 15) is 18.4 Å². The lowest BCUT2D eigenvalue weighted by Gasteiger charge is -2.31. The second-order valence-electron chi connectivity index (χ2n) is 6.58. The van der Waals surface area contributed by atoms with E-state index in [2.05, 4.69) is 21.2 Å². The number of likely N-dealkylation sites (tertiary alicyclic amines) is 1. The summed E-state index contributed by atoms with van der Waals surface area (Å²) in [7, 11) is 0. The summed E-state index contributed by atoms with van der Waals surface area (Å²) >= 11 is 3.28. The highest BCUT2D eigenvalue weighted by atomic mass is 79.9. The number of nitrogens with one attached hydrogen (secondary N) is 1. The predicted molar refractivity (Wildman–Crippen MR) is 107 cm³/mol. The van der Waals surface area contributed by atoms with Crippen molar-refractivity contribution in [3.8, 4) is 0 Å². The Morgan fingerprint density at radius 3 is 2.43 bits per heavy atom. The van der Waals surface area contributed by atoms with Crippen LogP contribution in [0.1, 0.15) is 28.8 Å². The molecule has 0 saturated carbocycles. The molecule has 2 aromatic carbocycles. The van der Waals surface area contributed by atoms with Crippen LogP contribution < -0.4 is 5.32 Å². The summed E-state index contributed by atoms with van der Waals surface area (Å²) in [5.41, 5.74) is 0.739. The molecule has 1 aliphatic rings. The Balaban J connectivity index is 1.51. The zero-order valence-electron chi connectivity index (χ0n) is 15.0. The van der Waals surface area contributed by atoms with Crippen molar-refractivity contribution < 1.29 is 18.4 Å². The normalized spacial score (nSPS) is 15.0. The average molecular weight is 449 g/mol. The lowest BCUT2D eigenvalue weighted by Crippen LogP contribution is -2.46. The van der Waals surface area contributed by atoms with E-state index in [-0.39, 0.29) is 23.7 Å². The van der Waals surface area contributed by atoms with Crippen molar-refractivity contribution in [3.63, 3.8) is 0 Å². The van der Waals surface area contributed by atoms with Crippen molar-refractivity contribution in [2.24, 2.45) is 0 Å². The van der Waals surface area contributed by atoms with Crippen LogP contribution in [0, 0.1) is 11.6 Å². The Morgan fingerprint density at radius 1 is 1.07 bits per heavy atom. The third kappa shape index (κ3) is 5.25. The molecule has 28 heavy (non-hydrogen) atoms. The minimum Gasteiger partial charge on any atom is -0.349 e. The van der Waals surface area contributed by atoms with E-state index in [1.807, 2.05) is 0 Å². The number of nitrogens with zero attached hydrogens (tertiary/aromatic N) is 1. The fourth-order valence-electron chi connectivity index (χ4n) is 3.02. The molecule has 3 rings (SSSR count). The number of halogens is 3. The molecule has 0 spiro atoms. The van der Waals surface area contributed by atoms with Crippen molar-refractivity contribution in [1.82, 2.24) is 10.2 Å². The molecule has 0 unspecified atom stereocenters. The Bertz CT molecular complexity index is 892. The molecular weight excluding hydrogens is 430 g/mol. The van der Waals surface area contributed by atoms with Gasteiger partial charge in [-0.3, -0.25) is 9.59 Å². The van der Waals surface area contributed by atoms with Crippen LogP contribution >= 0.6 is 15.9 Å². The van der Waals surface area contributed by atoms with Gasteiger partial charge in [-0.2, -0.15) is 0 Å². The number of piperidine rings is 1. The zero-order valence-corrected chi connectivity index (χ0v) is 16.6. The molecule has 0 bridgehead atoms. The van der Waals surface area contributed by atoms with E-state index in [1.54, 1.807) is 17.0 Å². The topological polar surface area (TPSA) is 49.4 Å². The quantitative estimate of drug-likeness (QED) is 0.713. The first-order valence-corrected chi connectivity index (χ1v) is 9.70. The molecule has 0 atom stereocenters. The number of hydrogen-bond acceptors (Lipinski definition) is 2. The highest BCUT2D eigenvalue weighted by molar-refractivity contribution is 9.10. The van der Waals surface area contributed by atoms with Crippen LogP contribution in [-0.4, -0.2) is 35.8 Å². The second-order valence-corrected chi connectivity index (χ2v) is 7.49. The highest BCUT2D eigenvalue weighted by Crippen LogP contribution is 2.17. The average Bonchev–Trinajstić information content (AvgIpc) is 2.69. The first-order valence-electron chi connectivity index (χ1n) is 8.91. The zero-order chi connectivity index (χ0) is 20.1. The smallest absolute Gasteiger partial charge is 0.251 e. The van der Waals surface area contributed by atoms with E-state index in [4.69, 9.17) is 0 Å². The SMILES string of the molecule is O=C(NC1CCN(C(=O)/C=C/c2cc(Br)ccc2F)CC1)c1ccc(F)cc1. The number of carbonyl (C=O) groups excluding carboxylic acids is 2. The van der Waals surface area contributed by atoms with Crippen molar-refractivity contribution in [1.29, 1.82) is 0 Å². The summed E-state index contributed by atoms with van der Waals surface area (Å²) in [5.74, 6) is -1.23. The molecule has 1 N–H and O–H groups in total. The molecule has 0 aromatic heterocycles. The Hall–Kier alpha value is -2.54.